The van der Waals surface area contributed by atoms with Crippen LogP contribution < -0.4 is 5.32 Å². The molecule has 0 aliphatic carbocycles. The van der Waals surface area contributed by atoms with Gasteiger partial charge in [0.15, 0.2) is 0 Å². The Morgan fingerprint density at radius 3 is 2.38 bits per heavy atom. The van der Waals surface area contributed by atoms with E-state index >= 15 is 0 Å². The molecule has 0 spiro atoms. The van der Waals surface area contributed by atoms with Crippen molar-refractivity contribution in [2.75, 3.05) is 19.6 Å². The number of hydrogen-bond acceptors (Lipinski definition) is 3. The lowest BCUT2D eigenvalue weighted by atomic mass is 9.93. The van der Waals surface area contributed by atoms with E-state index in [0.717, 1.165) is 36.1 Å². The predicted octanol–water partition coefficient (Wildman–Crippen LogP) is 2.33. The van der Waals surface area contributed by atoms with Crippen LogP contribution in [-0.2, 0) is 16.0 Å². The number of hydrogen-bond donors (Lipinski definition) is 1. The summed E-state index contributed by atoms with van der Waals surface area (Å²) in [5.74, 6) is -0.440. The number of aryl methyl sites for hydroxylation is 1. The number of urea groups is 1. The zero-order valence-electron chi connectivity index (χ0n) is 15.4. The van der Waals surface area contributed by atoms with E-state index in [1.807, 2.05) is 30.3 Å². The van der Waals surface area contributed by atoms with Gasteiger partial charge in [0.1, 0.15) is 12.1 Å². The van der Waals surface area contributed by atoms with Crippen LogP contribution in [-0.4, -0.2) is 52.8 Å². The third-order valence-electron chi connectivity index (χ3n) is 5.35. The van der Waals surface area contributed by atoms with Crippen molar-refractivity contribution < 1.29 is 14.4 Å². The number of carbonyl (C=O) groups is 3. The third kappa shape index (κ3) is 4.06. The van der Waals surface area contributed by atoms with Gasteiger partial charge in [0, 0.05) is 13.1 Å². The molecule has 1 aromatic rings. The van der Waals surface area contributed by atoms with Crippen molar-refractivity contribution in [1.29, 1.82) is 0 Å². The fourth-order valence-electron chi connectivity index (χ4n) is 3.65. The van der Waals surface area contributed by atoms with E-state index < -0.39 is 11.6 Å². The van der Waals surface area contributed by atoms with E-state index in [9.17, 15) is 14.4 Å². The maximum Gasteiger partial charge on any atom is 0.325 e. The van der Waals surface area contributed by atoms with Crippen molar-refractivity contribution in [3.8, 4) is 0 Å². The molecule has 2 aliphatic heterocycles. The van der Waals surface area contributed by atoms with E-state index in [1.165, 1.54) is 0 Å². The Morgan fingerprint density at radius 2 is 1.73 bits per heavy atom. The first-order valence-electron chi connectivity index (χ1n) is 9.45. The zero-order chi connectivity index (χ0) is 18.6. The molecule has 26 heavy (non-hydrogen) atoms. The average molecular weight is 357 g/mol. The summed E-state index contributed by atoms with van der Waals surface area (Å²) in [6.45, 7) is 3.01. The Bertz CT molecular complexity index is 668. The lowest BCUT2D eigenvalue weighted by Gasteiger charge is -2.24. The highest BCUT2D eigenvalue weighted by Gasteiger charge is 2.48. The number of benzene rings is 1. The van der Waals surface area contributed by atoms with Gasteiger partial charge in [0.2, 0.25) is 5.91 Å². The van der Waals surface area contributed by atoms with Crippen molar-refractivity contribution in [2.24, 2.45) is 0 Å². The minimum absolute atomic E-state index is 0.136. The first-order chi connectivity index (χ1) is 12.5. The number of nitrogens with zero attached hydrogens (tertiary/aromatic N) is 2. The molecule has 140 valence electrons. The Morgan fingerprint density at radius 1 is 1.08 bits per heavy atom. The lowest BCUT2D eigenvalue weighted by molar-refractivity contribution is -0.138. The normalized spacial score (nSPS) is 23.7. The van der Waals surface area contributed by atoms with Gasteiger partial charge in [-0.15, -0.1) is 0 Å². The summed E-state index contributed by atoms with van der Waals surface area (Å²) in [4.78, 5) is 40.5. The van der Waals surface area contributed by atoms with Crippen LogP contribution in [0.15, 0.2) is 30.3 Å². The Hall–Kier alpha value is -2.37. The van der Waals surface area contributed by atoms with Gasteiger partial charge in [-0.05, 0) is 38.2 Å². The largest absolute Gasteiger partial charge is 0.341 e. The third-order valence-corrected chi connectivity index (χ3v) is 5.35. The van der Waals surface area contributed by atoms with Crippen LogP contribution in [0.2, 0.25) is 0 Å². The smallest absolute Gasteiger partial charge is 0.325 e. The van der Waals surface area contributed by atoms with E-state index in [1.54, 1.807) is 11.8 Å². The Balaban J connectivity index is 1.61. The number of rotatable bonds is 5. The molecule has 2 saturated heterocycles. The molecule has 1 N–H and O–H groups in total. The first kappa shape index (κ1) is 18.4. The van der Waals surface area contributed by atoms with E-state index in [0.29, 0.717) is 25.9 Å². The quantitative estimate of drug-likeness (QED) is 0.822. The molecule has 1 aromatic carbocycles. The fraction of sp³-hybridized carbons (Fsp3) is 0.550. The summed E-state index contributed by atoms with van der Waals surface area (Å²) in [5, 5.41) is 2.79. The van der Waals surface area contributed by atoms with Crippen LogP contribution in [0, 0.1) is 0 Å². The van der Waals surface area contributed by atoms with Crippen molar-refractivity contribution >= 4 is 17.8 Å². The topological polar surface area (TPSA) is 69.7 Å². The number of imide groups is 1. The fourth-order valence-corrected chi connectivity index (χ4v) is 3.65. The highest BCUT2D eigenvalue weighted by atomic mass is 16.2. The van der Waals surface area contributed by atoms with Crippen molar-refractivity contribution in [3.63, 3.8) is 0 Å². The van der Waals surface area contributed by atoms with Crippen LogP contribution >= 0.6 is 0 Å². The summed E-state index contributed by atoms with van der Waals surface area (Å²) in [7, 11) is 0. The second-order valence-corrected chi connectivity index (χ2v) is 7.43. The van der Waals surface area contributed by atoms with Crippen LogP contribution in [0.3, 0.4) is 0 Å². The molecular formula is C20H27N3O3. The number of nitrogens with one attached hydrogen (secondary N) is 1. The van der Waals surface area contributed by atoms with Gasteiger partial charge in [0.05, 0.1) is 0 Å². The standard InChI is InChI=1S/C20H27N3O3/c1-20(12-11-16-9-5-4-6-10-16)18(25)23(19(26)21-20)15-17(24)22-13-7-2-3-8-14-22/h4-6,9-10H,2-3,7-8,11-15H2,1H3,(H,21,26)/t20-/m0/s1. The molecule has 2 heterocycles. The first-order valence-corrected chi connectivity index (χ1v) is 9.45. The van der Waals surface area contributed by atoms with Crippen LogP contribution in [0.1, 0.15) is 44.6 Å². The van der Waals surface area contributed by atoms with Crippen molar-refractivity contribution in [2.45, 2.75) is 51.0 Å². The molecular weight excluding hydrogens is 330 g/mol. The van der Waals surface area contributed by atoms with Gasteiger partial charge in [0.25, 0.3) is 5.91 Å². The molecule has 6 nitrogen and oxygen atoms in total. The monoisotopic (exact) mass is 357 g/mol. The number of amides is 4. The van der Waals surface area contributed by atoms with E-state index in [2.05, 4.69) is 5.32 Å². The molecule has 0 bridgehead atoms. The summed E-state index contributed by atoms with van der Waals surface area (Å²) in [5.41, 5.74) is 0.168. The summed E-state index contributed by atoms with van der Waals surface area (Å²) in [6, 6.07) is 9.41. The highest BCUT2D eigenvalue weighted by molar-refractivity contribution is 6.08. The minimum atomic E-state index is -0.952. The summed E-state index contributed by atoms with van der Waals surface area (Å²) >= 11 is 0. The number of likely N-dealkylation sites (tertiary alicyclic amines) is 1. The van der Waals surface area contributed by atoms with Crippen molar-refractivity contribution in [1.82, 2.24) is 15.1 Å². The van der Waals surface area contributed by atoms with Crippen LogP contribution in [0.4, 0.5) is 4.79 Å². The van der Waals surface area contributed by atoms with Gasteiger partial charge in [-0.1, -0.05) is 43.2 Å². The van der Waals surface area contributed by atoms with Gasteiger partial charge in [-0.3, -0.25) is 14.5 Å². The van der Waals surface area contributed by atoms with Crippen LogP contribution in [0.5, 0.6) is 0 Å². The predicted molar refractivity (Wildman–Crippen MR) is 98.5 cm³/mol. The minimum Gasteiger partial charge on any atom is -0.341 e. The van der Waals surface area contributed by atoms with Gasteiger partial charge in [-0.2, -0.15) is 0 Å². The molecule has 0 aromatic heterocycles. The Kier molecular flexibility index (Phi) is 5.59. The van der Waals surface area contributed by atoms with Gasteiger partial charge >= 0.3 is 6.03 Å². The average Bonchev–Trinajstić information content (AvgIpc) is 2.86. The zero-order valence-corrected chi connectivity index (χ0v) is 15.4. The molecule has 0 unspecified atom stereocenters. The highest BCUT2D eigenvalue weighted by Crippen LogP contribution is 2.23. The molecule has 6 heteroatoms. The molecule has 2 aliphatic rings. The maximum atomic E-state index is 12.8. The Labute approximate surface area is 154 Å². The van der Waals surface area contributed by atoms with E-state index in [4.69, 9.17) is 0 Å². The number of carbonyl (C=O) groups excluding carboxylic acids is 3. The lowest BCUT2D eigenvalue weighted by Crippen LogP contribution is -2.46. The SMILES string of the molecule is C[C@@]1(CCc2ccccc2)NC(=O)N(CC(=O)N2CCCCCC2)C1=O. The summed E-state index contributed by atoms with van der Waals surface area (Å²) < 4.78 is 0. The van der Waals surface area contributed by atoms with Gasteiger partial charge in [-0.25, -0.2) is 4.79 Å². The van der Waals surface area contributed by atoms with Crippen LogP contribution in [0.25, 0.3) is 0 Å². The molecule has 3 rings (SSSR count). The molecule has 1 atom stereocenters. The van der Waals surface area contributed by atoms with E-state index in [-0.39, 0.29) is 18.4 Å². The van der Waals surface area contributed by atoms with Crippen molar-refractivity contribution in [3.05, 3.63) is 35.9 Å². The second kappa shape index (κ2) is 7.89. The maximum absolute atomic E-state index is 12.8. The molecule has 0 radical (unpaired) electrons. The molecule has 2 fully saturated rings. The van der Waals surface area contributed by atoms with Gasteiger partial charge < -0.3 is 10.2 Å². The molecule has 0 saturated carbocycles. The second-order valence-electron chi connectivity index (χ2n) is 7.43. The summed E-state index contributed by atoms with van der Waals surface area (Å²) in [6.07, 6.45) is 5.43. The molecule has 4 amide bonds.